The molecule has 3 saturated carbocycles. The highest BCUT2D eigenvalue weighted by Gasteiger charge is 2.34. The third-order valence-electron chi connectivity index (χ3n) is 19.7. The molecule has 0 aliphatic heterocycles. The molecule has 7 N–H and O–H groups in total. The first-order valence-electron chi connectivity index (χ1n) is 37.7. The van der Waals surface area contributed by atoms with Gasteiger partial charge < -0.3 is 41.1 Å². The maximum absolute atomic E-state index is 13.5. The monoisotopic (exact) mass is 1770 g/mol. The van der Waals surface area contributed by atoms with Gasteiger partial charge in [0.15, 0.2) is 29.5 Å². The molecule has 3 atom stereocenters. The van der Waals surface area contributed by atoms with E-state index in [1.165, 1.54) is 99.6 Å². The van der Waals surface area contributed by atoms with Gasteiger partial charge in [-0.05, 0) is 190 Å². The summed E-state index contributed by atoms with van der Waals surface area (Å²) in [4.78, 5) is 80.5. The fourth-order valence-corrected chi connectivity index (χ4v) is 19.2. The van der Waals surface area contributed by atoms with E-state index in [9.17, 15) is 75.6 Å². The number of sulfone groups is 3. The van der Waals surface area contributed by atoms with E-state index in [2.05, 4.69) is 24.5 Å². The second kappa shape index (κ2) is 40.2. The summed E-state index contributed by atoms with van der Waals surface area (Å²) in [6.07, 6.45) is 5.32. The van der Waals surface area contributed by atoms with Gasteiger partial charge in [-0.15, -0.1) is 0 Å². The summed E-state index contributed by atoms with van der Waals surface area (Å²) < 4.78 is 167. The van der Waals surface area contributed by atoms with E-state index in [1.807, 2.05) is 0 Å². The lowest BCUT2D eigenvalue weighted by molar-refractivity contribution is -0.134. The molecule has 3 fully saturated rings. The predicted molar refractivity (Wildman–Crippen MR) is 447 cm³/mol. The van der Waals surface area contributed by atoms with Gasteiger partial charge in [-0.25, -0.2) is 30.2 Å². The number of nitrogens with two attached hydrogens (primary N) is 2. The Balaban J connectivity index is 0.000000185. The number of carbonyl (C=O) groups excluding carboxylic acids is 5. The van der Waals surface area contributed by atoms with Crippen molar-refractivity contribution >= 4 is 127 Å². The predicted octanol–water partition coefficient (Wildman–Crippen LogP) is 19.2. The van der Waals surface area contributed by atoms with Crippen LogP contribution in [0.15, 0.2) is 197 Å². The zero-order valence-corrected chi connectivity index (χ0v) is 69.7. The normalized spacial score (nSPS) is 14.1. The van der Waals surface area contributed by atoms with Crippen LogP contribution >= 0.6 is 34.8 Å². The number of amides is 1. The van der Waals surface area contributed by atoms with Crippen molar-refractivity contribution < 1.29 is 99.7 Å². The van der Waals surface area contributed by atoms with Gasteiger partial charge >= 0.3 is 19.8 Å². The molecule has 21 nitrogen and oxygen atoms in total. The Labute approximate surface area is 704 Å². The highest BCUT2D eigenvalue weighted by Crippen LogP contribution is 2.44. The van der Waals surface area contributed by atoms with Gasteiger partial charge in [0.1, 0.15) is 46.2 Å². The van der Waals surface area contributed by atoms with Crippen molar-refractivity contribution in [2.45, 2.75) is 144 Å². The van der Waals surface area contributed by atoms with Crippen molar-refractivity contribution in [1.82, 2.24) is 9.97 Å². The van der Waals surface area contributed by atoms with Crippen LogP contribution in [-0.2, 0) is 64.7 Å². The number of aromatic nitrogens is 2. The van der Waals surface area contributed by atoms with Crippen LogP contribution in [-0.4, -0.2) is 112 Å². The van der Waals surface area contributed by atoms with Crippen LogP contribution in [0.25, 0.3) is 44.4 Å². The molecule has 120 heavy (non-hydrogen) atoms. The van der Waals surface area contributed by atoms with Gasteiger partial charge in [0.05, 0.1) is 75.3 Å². The molecule has 0 spiro atoms. The number of nitrogens with one attached hydrogen (secondary N) is 2. The Morgan fingerprint density at radius 2 is 0.825 bits per heavy atom. The second-order valence-corrected chi connectivity index (χ2v) is 36.8. The Kier molecular flexibility index (Phi) is 30.7. The van der Waals surface area contributed by atoms with Crippen LogP contribution in [0.1, 0.15) is 131 Å². The number of carbonyl (C=O) groups is 6. The van der Waals surface area contributed by atoms with Crippen LogP contribution in [0, 0.1) is 17.8 Å². The number of carboxylic acid groups (broad SMARTS) is 1. The first kappa shape index (κ1) is 91.7. The molecular formula is C87H84Cl3F6N5O16S3. The molecule has 0 saturated heterocycles. The number of para-hydroxylation sites is 3. The lowest BCUT2D eigenvalue weighted by atomic mass is 9.86. The molecule has 3 aliphatic carbocycles. The summed E-state index contributed by atoms with van der Waals surface area (Å²) in [6.45, 7) is -3.76. The standard InChI is InChI=1S/C29H28ClF2NO5S.C28H27ClF2N2O5S.C28H25ClF2N2O4S.C2H4O2/c1-17(34)12-23(19-8-10-21(11-9-19)39(36,37)16-18-6-7-18)27(35)14-20-13-24(25(30)15-26(20)33)22-4-2-3-5-28(22)38-29(31)32;1-16(34)12-21(18-8-10-19(11-9-18)39(36,37)15-17-6-7-17)27(35)33-25-14-23(29)22(13-24(25)32)20-4-2-3-5-26(20)38-28(30)31;1-16(34)12-21(18-8-10-19(11-9-18)38(35,36)15-17-6-7-17)27-32-24-13-22(23(29)14-25(24)33-27)20-4-2-3-5-26(20)37-28(30)31;1-2(3)4/h2-5,8-11,13,15,18,23,29H,6-7,12,14,16,33H2,1H3;2-5,8-11,13-14,17,21,28H,6-7,12,15,32H2,1H3,(H,33,35);2-5,8-11,13-14,17,21,28H,6-7,12,15H2,1H3,(H,32,33);1H3,(H,3,4). The molecule has 10 aromatic rings. The number of fused-ring (bicyclic) bond motifs is 1. The minimum absolute atomic E-state index is 0.00862. The lowest BCUT2D eigenvalue weighted by Crippen LogP contribution is -2.23. The van der Waals surface area contributed by atoms with Crippen LogP contribution in [0.4, 0.5) is 43.4 Å². The molecule has 3 unspecified atom stereocenters. The molecule has 9 aromatic carbocycles. The number of rotatable bonds is 33. The number of hydrogen-bond donors (Lipinski definition) is 5. The number of alkyl halides is 6. The number of ether oxygens (including phenoxy) is 3. The molecular weight excluding hydrogens is 1690 g/mol. The number of Topliss-reactive ketones (excluding diaryl/α,β-unsaturated/α-hetero) is 4. The molecule has 1 heterocycles. The topological polar surface area (TPSA) is 346 Å². The molecule has 13 rings (SSSR count). The average molecular weight is 1770 g/mol. The van der Waals surface area contributed by atoms with Crippen LogP contribution < -0.4 is 31.0 Å². The fourth-order valence-electron chi connectivity index (χ4n) is 13.3. The number of halogens is 9. The lowest BCUT2D eigenvalue weighted by Gasteiger charge is -2.19. The number of nitrogen functional groups attached to an aromatic ring is 2. The summed E-state index contributed by atoms with van der Waals surface area (Å²) in [5.74, 6) is -3.06. The first-order valence-corrected chi connectivity index (χ1v) is 43.8. The quantitative estimate of drug-likeness (QED) is 0.0188. The van der Waals surface area contributed by atoms with E-state index < -0.39 is 79.0 Å². The molecule has 33 heteroatoms. The van der Waals surface area contributed by atoms with E-state index in [1.54, 1.807) is 103 Å². The molecule has 0 radical (unpaired) electrons. The van der Waals surface area contributed by atoms with Gasteiger partial charge in [-0.3, -0.25) is 28.8 Å². The summed E-state index contributed by atoms with van der Waals surface area (Å²) in [7, 11) is -10.2. The van der Waals surface area contributed by atoms with Crippen LogP contribution in [0.2, 0.25) is 15.1 Å². The van der Waals surface area contributed by atoms with E-state index >= 15 is 0 Å². The highest BCUT2D eigenvalue weighted by molar-refractivity contribution is 7.92. The van der Waals surface area contributed by atoms with Crippen molar-refractivity contribution in [2.75, 3.05) is 34.0 Å². The molecule has 634 valence electrons. The smallest absolute Gasteiger partial charge is 0.387 e. The first-order chi connectivity index (χ1) is 56.7. The number of hydrogen-bond acceptors (Lipinski definition) is 18. The maximum atomic E-state index is 13.5. The molecule has 3 aliphatic rings. The summed E-state index contributed by atoms with van der Waals surface area (Å²) in [5.41, 5.74) is 18.3. The SMILES string of the molecule is CC(=O)CC(C(=O)Cc1cc(-c2ccccc2OC(F)F)c(Cl)cc1N)c1ccc(S(=O)(=O)CC2CC2)cc1.CC(=O)CC(C(=O)Nc1cc(Cl)c(-c2ccccc2OC(F)F)cc1N)c1ccc(S(=O)(=O)CC2CC2)cc1.CC(=O)CC(c1ccc(S(=O)(=O)CC2CC2)cc1)c1nc2cc(-c3ccccc3OC(F)F)c(Cl)cc2[nH]1.CC(=O)O. The number of H-pyrrole nitrogens is 1. The number of nitrogens with zero attached hydrogens (tertiary/aromatic N) is 1. The summed E-state index contributed by atoms with van der Waals surface area (Å²) in [5, 5.41) is 10.7. The number of imidazole rings is 1. The summed E-state index contributed by atoms with van der Waals surface area (Å²) >= 11 is 19.4. The Hall–Kier alpha value is -10.6. The van der Waals surface area contributed by atoms with Crippen molar-refractivity contribution in [3.63, 3.8) is 0 Å². The molecule has 1 aromatic heterocycles. The van der Waals surface area contributed by atoms with E-state index in [0.29, 0.717) is 72.0 Å². The Bertz CT molecular complexity index is 5800. The Morgan fingerprint density at radius 1 is 0.467 bits per heavy atom. The van der Waals surface area contributed by atoms with Crippen molar-refractivity contribution in [3.05, 3.63) is 225 Å². The zero-order valence-electron chi connectivity index (χ0n) is 65.0. The number of ketones is 4. The molecule has 1 amide bonds. The number of aromatic amines is 1. The third kappa shape index (κ3) is 25.5. The zero-order chi connectivity index (χ0) is 87.2. The van der Waals surface area contributed by atoms with E-state index in [0.717, 1.165) is 51.0 Å². The largest absolute Gasteiger partial charge is 0.481 e. The van der Waals surface area contributed by atoms with Crippen molar-refractivity contribution in [1.29, 1.82) is 0 Å². The van der Waals surface area contributed by atoms with Crippen molar-refractivity contribution in [2.24, 2.45) is 17.8 Å². The Morgan fingerprint density at radius 3 is 1.23 bits per heavy atom. The minimum atomic E-state index is -3.43. The number of benzene rings is 9. The van der Waals surface area contributed by atoms with Gasteiger partial charge in [0, 0.05) is 83.5 Å². The molecule has 0 bridgehead atoms. The van der Waals surface area contributed by atoms with Gasteiger partial charge in [0.2, 0.25) is 5.91 Å². The van der Waals surface area contributed by atoms with Crippen LogP contribution in [0.3, 0.4) is 0 Å². The number of carboxylic acids is 1. The number of anilines is 3. The van der Waals surface area contributed by atoms with Crippen molar-refractivity contribution in [3.8, 4) is 50.6 Å². The summed E-state index contributed by atoms with van der Waals surface area (Å²) in [6, 6.07) is 46.4. The minimum Gasteiger partial charge on any atom is -0.481 e. The van der Waals surface area contributed by atoms with E-state index in [4.69, 9.17) is 61.2 Å². The van der Waals surface area contributed by atoms with Gasteiger partial charge in [-0.1, -0.05) is 126 Å². The average Bonchev–Trinajstić information content (AvgIpc) is 1.63. The second-order valence-electron chi connectivity index (χ2n) is 29.5. The highest BCUT2D eigenvalue weighted by atomic mass is 35.5. The fraction of sp³-hybridized carbons (Fsp3) is 0.299. The van der Waals surface area contributed by atoms with Crippen LogP contribution in [0.5, 0.6) is 17.2 Å². The van der Waals surface area contributed by atoms with Gasteiger partial charge in [0.25, 0.3) is 5.97 Å². The van der Waals surface area contributed by atoms with Gasteiger partial charge in [-0.2, -0.15) is 26.3 Å². The number of aliphatic carboxylic acids is 1. The third-order valence-corrected chi connectivity index (χ3v) is 26.3. The van der Waals surface area contributed by atoms with E-state index in [-0.39, 0.29) is 143 Å². The maximum Gasteiger partial charge on any atom is 0.387 e.